The fourth-order valence-corrected chi connectivity index (χ4v) is 3.61. The molecular weight excluding hydrogens is 428 g/mol. The van der Waals surface area contributed by atoms with E-state index in [1.54, 1.807) is 18.1 Å². The Hall–Kier alpha value is -3.22. The van der Waals surface area contributed by atoms with E-state index in [2.05, 4.69) is 5.32 Å². The summed E-state index contributed by atoms with van der Waals surface area (Å²) in [7, 11) is 1.60. The Balaban J connectivity index is 1.38. The van der Waals surface area contributed by atoms with Gasteiger partial charge in [0.1, 0.15) is 18.1 Å². The van der Waals surface area contributed by atoms with Crippen LogP contribution in [0.4, 0.5) is 10.5 Å². The molecule has 0 spiro atoms. The first-order valence-electron chi connectivity index (χ1n) is 10.4. The predicted octanol–water partition coefficient (Wildman–Crippen LogP) is 5.49. The summed E-state index contributed by atoms with van der Waals surface area (Å²) in [5, 5.41) is 3.64. The Labute approximate surface area is 192 Å². The summed E-state index contributed by atoms with van der Waals surface area (Å²) >= 11 is 5.92. The summed E-state index contributed by atoms with van der Waals surface area (Å²) in [5.41, 5.74) is 3.73. The van der Waals surface area contributed by atoms with Crippen molar-refractivity contribution in [2.45, 2.75) is 19.8 Å². The van der Waals surface area contributed by atoms with Crippen LogP contribution in [0.15, 0.2) is 66.7 Å². The number of rotatable bonds is 6. The van der Waals surface area contributed by atoms with E-state index in [-0.39, 0.29) is 6.03 Å². The smallest absolute Gasteiger partial charge is 0.322 e. The van der Waals surface area contributed by atoms with Crippen LogP contribution in [0.3, 0.4) is 0 Å². The molecule has 0 aliphatic carbocycles. The van der Waals surface area contributed by atoms with E-state index in [1.807, 2.05) is 60.7 Å². The molecule has 1 N–H and O–H groups in total. The normalized spacial score (nSPS) is 13.0. The van der Waals surface area contributed by atoms with Gasteiger partial charge in [-0.15, -0.1) is 0 Å². The van der Waals surface area contributed by atoms with Gasteiger partial charge in [-0.1, -0.05) is 35.9 Å². The molecule has 7 heteroatoms. The van der Waals surface area contributed by atoms with Gasteiger partial charge in [-0.05, 0) is 47.5 Å². The highest BCUT2D eigenvalue weighted by molar-refractivity contribution is 6.30. The topological polar surface area (TPSA) is 60.0 Å². The van der Waals surface area contributed by atoms with Gasteiger partial charge in [0.2, 0.25) is 0 Å². The third kappa shape index (κ3) is 5.72. The molecule has 0 radical (unpaired) electrons. The number of hydrogen-bond donors (Lipinski definition) is 1. The minimum absolute atomic E-state index is 0.181. The first kappa shape index (κ1) is 22.0. The van der Waals surface area contributed by atoms with Gasteiger partial charge in [0.15, 0.2) is 0 Å². The van der Waals surface area contributed by atoms with Crippen LogP contribution in [0.5, 0.6) is 11.5 Å². The van der Waals surface area contributed by atoms with Crippen LogP contribution in [-0.4, -0.2) is 31.2 Å². The third-order valence-corrected chi connectivity index (χ3v) is 5.42. The summed E-state index contributed by atoms with van der Waals surface area (Å²) < 4.78 is 16.9. The number of urea groups is 1. The molecule has 0 atom stereocenters. The number of nitrogens with one attached hydrogen (secondary N) is 1. The zero-order valence-corrected chi connectivity index (χ0v) is 18.6. The second-order valence-corrected chi connectivity index (χ2v) is 7.93. The first-order valence-corrected chi connectivity index (χ1v) is 10.8. The van der Waals surface area contributed by atoms with Gasteiger partial charge in [-0.2, -0.15) is 0 Å². The lowest BCUT2D eigenvalue weighted by Crippen LogP contribution is -2.36. The molecule has 3 aromatic rings. The van der Waals surface area contributed by atoms with E-state index in [0.717, 1.165) is 22.4 Å². The highest BCUT2D eigenvalue weighted by Crippen LogP contribution is 2.26. The second kappa shape index (κ2) is 10.4. The van der Waals surface area contributed by atoms with Gasteiger partial charge in [-0.3, -0.25) is 0 Å². The van der Waals surface area contributed by atoms with Crippen molar-refractivity contribution in [1.82, 2.24) is 4.90 Å². The number of hydrogen-bond acceptors (Lipinski definition) is 4. The van der Waals surface area contributed by atoms with Crippen LogP contribution in [0.2, 0.25) is 5.02 Å². The van der Waals surface area contributed by atoms with E-state index >= 15 is 0 Å². The Morgan fingerprint density at radius 2 is 1.84 bits per heavy atom. The molecule has 0 unspecified atom stereocenters. The van der Waals surface area contributed by atoms with Crippen molar-refractivity contribution in [3.63, 3.8) is 0 Å². The standard InChI is InChI=1S/C25H25ClN2O4/c1-30-23-4-2-3-22(14-23)27-25(29)28-11-12-32-24-10-7-19(13-20(24)15-28)17-31-16-18-5-8-21(26)9-6-18/h2-10,13-14H,11-12,15-17H2,1H3,(H,27,29). The van der Waals surface area contributed by atoms with Gasteiger partial charge >= 0.3 is 6.03 Å². The number of amides is 2. The number of benzene rings is 3. The van der Waals surface area contributed by atoms with Crippen LogP contribution in [0, 0.1) is 0 Å². The molecule has 4 rings (SSSR count). The van der Waals surface area contributed by atoms with E-state index in [9.17, 15) is 4.79 Å². The summed E-state index contributed by atoms with van der Waals surface area (Å²) in [4.78, 5) is 14.6. The number of fused-ring (bicyclic) bond motifs is 1. The van der Waals surface area contributed by atoms with E-state index in [1.165, 1.54) is 0 Å². The average Bonchev–Trinajstić information content (AvgIpc) is 3.03. The maximum absolute atomic E-state index is 12.9. The Bertz CT molecular complexity index is 1070. The number of nitrogens with zero attached hydrogens (tertiary/aromatic N) is 1. The van der Waals surface area contributed by atoms with Gasteiger partial charge < -0.3 is 24.4 Å². The van der Waals surface area contributed by atoms with Crippen LogP contribution in [-0.2, 0) is 24.5 Å². The summed E-state index contributed by atoms with van der Waals surface area (Å²) in [6.45, 7) is 2.35. The van der Waals surface area contributed by atoms with Crippen molar-refractivity contribution < 1.29 is 19.0 Å². The van der Waals surface area contributed by atoms with Crippen molar-refractivity contribution >= 4 is 23.3 Å². The largest absolute Gasteiger partial charge is 0.497 e. The molecule has 3 aromatic carbocycles. The monoisotopic (exact) mass is 452 g/mol. The molecule has 1 aliphatic rings. The number of halogens is 1. The first-order chi connectivity index (χ1) is 15.6. The molecule has 2 amide bonds. The zero-order chi connectivity index (χ0) is 22.3. The highest BCUT2D eigenvalue weighted by Gasteiger charge is 2.20. The predicted molar refractivity (Wildman–Crippen MR) is 124 cm³/mol. The maximum atomic E-state index is 12.9. The fourth-order valence-electron chi connectivity index (χ4n) is 3.48. The molecule has 0 aromatic heterocycles. The van der Waals surface area contributed by atoms with Gasteiger partial charge in [0, 0.05) is 22.3 Å². The molecule has 166 valence electrons. The lowest BCUT2D eigenvalue weighted by atomic mass is 10.1. The lowest BCUT2D eigenvalue weighted by Gasteiger charge is -2.20. The quantitative estimate of drug-likeness (QED) is 0.537. The van der Waals surface area contributed by atoms with Crippen molar-refractivity contribution in [3.8, 4) is 11.5 Å². The van der Waals surface area contributed by atoms with Crippen molar-refractivity contribution in [3.05, 3.63) is 88.4 Å². The Kier molecular flexibility index (Phi) is 7.14. The van der Waals surface area contributed by atoms with Crippen LogP contribution in [0.1, 0.15) is 16.7 Å². The SMILES string of the molecule is COc1cccc(NC(=O)N2CCOc3ccc(COCc4ccc(Cl)cc4)cc3C2)c1. The summed E-state index contributed by atoms with van der Waals surface area (Å²) in [6.07, 6.45) is 0. The van der Waals surface area contributed by atoms with Gasteiger partial charge in [-0.25, -0.2) is 4.79 Å². The van der Waals surface area contributed by atoms with Crippen LogP contribution < -0.4 is 14.8 Å². The van der Waals surface area contributed by atoms with Crippen molar-refractivity contribution in [2.75, 3.05) is 25.6 Å². The van der Waals surface area contributed by atoms with Crippen molar-refractivity contribution in [1.29, 1.82) is 0 Å². The third-order valence-electron chi connectivity index (χ3n) is 5.16. The molecular formula is C25H25ClN2O4. The Morgan fingerprint density at radius 1 is 1.06 bits per heavy atom. The number of carbonyl (C=O) groups excluding carboxylic acids is 1. The molecule has 6 nitrogen and oxygen atoms in total. The molecule has 32 heavy (non-hydrogen) atoms. The Morgan fingerprint density at radius 3 is 2.66 bits per heavy atom. The molecule has 0 saturated heterocycles. The van der Waals surface area contributed by atoms with Gasteiger partial charge in [0.25, 0.3) is 0 Å². The fraction of sp³-hybridized carbons (Fsp3) is 0.240. The highest BCUT2D eigenvalue weighted by atomic mass is 35.5. The molecule has 1 aliphatic heterocycles. The van der Waals surface area contributed by atoms with Gasteiger partial charge in [0.05, 0.1) is 33.4 Å². The number of carbonyl (C=O) groups is 1. The molecule has 0 saturated carbocycles. The lowest BCUT2D eigenvalue weighted by molar-refractivity contribution is 0.107. The van der Waals surface area contributed by atoms with Crippen LogP contribution in [0.25, 0.3) is 0 Å². The second-order valence-electron chi connectivity index (χ2n) is 7.49. The van der Waals surface area contributed by atoms with Crippen molar-refractivity contribution in [2.24, 2.45) is 0 Å². The van der Waals surface area contributed by atoms with Crippen LogP contribution >= 0.6 is 11.6 Å². The van der Waals surface area contributed by atoms with E-state index in [0.29, 0.717) is 49.4 Å². The zero-order valence-electron chi connectivity index (χ0n) is 17.8. The molecule has 0 fully saturated rings. The summed E-state index contributed by atoms with van der Waals surface area (Å²) in [6, 6.07) is 20.7. The minimum atomic E-state index is -0.181. The molecule has 0 bridgehead atoms. The average molecular weight is 453 g/mol. The number of ether oxygens (including phenoxy) is 3. The maximum Gasteiger partial charge on any atom is 0.322 e. The number of methoxy groups -OCH3 is 1. The minimum Gasteiger partial charge on any atom is -0.497 e. The van der Waals surface area contributed by atoms with E-state index < -0.39 is 0 Å². The summed E-state index contributed by atoms with van der Waals surface area (Å²) in [5.74, 6) is 1.48. The number of anilines is 1. The molecule has 1 heterocycles. The van der Waals surface area contributed by atoms with E-state index in [4.69, 9.17) is 25.8 Å².